The first-order valence-electron chi connectivity index (χ1n) is 11.9. The SMILES string of the molecule is CSc1nccc(/C(=C(/N)c2ccc(F)cc2)N2C=CCCC/C2=C\Oc2ccc3ccccc3n2)n1. The van der Waals surface area contributed by atoms with Gasteiger partial charge in [0, 0.05) is 23.8 Å². The van der Waals surface area contributed by atoms with E-state index in [0.29, 0.717) is 33.7 Å². The fourth-order valence-corrected chi connectivity index (χ4v) is 4.46. The lowest BCUT2D eigenvalue weighted by Gasteiger charge is -2.27. The van der Waals surface area contributed by atoms with Gasteiger partial charge in [0.25, 0.3) is 0 Å². The summed E-state index contributed by atoms with van der Waals surface area (Å²) in [7, 11) is 0. The molecule has 0 unspecified atom stereocenters. The minimum Gasteiger partial charge on any atom is -0.445 e. The first kappa shape index (κ1) is 24.5. The molecule has 1 aliphatic heterocycles. The van der Waals surface area contributed by atoms with Crippen molar-refractivity contribution < 1.29 is 9.13 Å². The predicted octanol–water partition coefficient (Wildman–Crippen LogP) is 6.59. The third kappa shape index (κ3) is 5.65. The van der Waals surface area contributed by atoms with E-state index in [0.717, 1.165) is 35.9 Å². The highest BCUT2D eigenvalue weighted by molar-refractivity contribution is 7.98. The number of nitrogens with two attached hydrogens (primary N) is 1. The lowest BCUT2D eigenvalue weighted by molar-refractivity contribution is 0.436. The first-order valence-corrected chi connectivity index (χ1v) is 13.2. The van der Waals surface area contributed by atoms with Gasteiger partial charge in [-0.25, -0.2) is 19.3 Å². The Labute approximate surface area is 219 Å². The van der Waals surface area contributed by atoms with E-state index in [4.69, 9.17) is 15.5 Å². The number of nitrogens with zero attached hydrogens (tertiary/aromatic N) is 4. The molecule has 37 heavy (non-hydrogen) atoms. The standard InChI is InChI=1S/C29H26FN5OS/c1-37-29-32-17-16-25(34-29)28(27(31)21-10-13-22(30)14-11-21)35-18-6-2-3-8-23(35)19-36-26-15-12-20-7-4-5-9-24(20)33-26/h4-7,9-19H,2-3,8,31H2,1H3/b23-19+,28-27-. The van der Waals surface area contributed by atoms with Gasteiger partial charge >= 0.3 is 0 Å². The molecule has 0 radical (unpaired) electrons. The molecule has 0 saturated carbocycles. The van der Waals surface area contributed by atoms with Crippen LogP contribution in [0.5, 0.6) is 5.88 Å². The number of hydrogen-bond acceptors (Lipinski definition) is 7. The van der Waals surface area contributed by atoms with Crippen LogP contribution in [-0.2, 0) is 0 Å². The van der Waals surface area contributed by atoms with Crippen LogP contribution in [0.4, 0.5) is 4.39 Å². The molecule has 5 rings (SSSR count). The molecule has 0 amide bonds. The van der Waals surface area contributed by atoms with Crippen LogP contribution >= 0.6 is 11.8 Å². The Morgan fingerprint density at radius 2 is 1.89 bits per heavy atom. The molecule has 2 aromatic heterocycles. The molecular formula is C29H26FN5OS. The second kappa shape index (κ2) is 11.3. The van der Waals surface area contributed by atoms with E-state index >= 15 is 0 Å². The molecule has 3 heterocycles. The van der Waals surface area contributed by atoms with Crippen molar-refractivity contribution in [1.82, 2.24) is 19.9 Å². The summed E-state index contributed by atoms with van der Waals surface area (Å²) in [6, 6.07) is 19.7. The number of thioether (sulfide) groups is 1. The van der Waals surface area contributed by atoms with E-state index in [-0.39, 0.29) is 5.82 Å². The van der Waals surface area contributed by atoms with Gasteiger partial charge in [-0.3, -0.25) is 0 Å². The van der Waals surface area contributed by atoms with Crippen molar-refractivity contribution in [2.75, 3.05) is 6.26 Å². The number of rotatable bonds is 6. The zero-order valence-corrected chi connectivity index (χ0v) is 21.2. The fourth-order valence-electron chi connectivity index (χ4n) is 4.10. The lowest BCUT2D eigenvalue weighted by Crippen LogP contribution is -2.20. The van der Waals surface area contributed by atoms with Crippen LogP contribution in [0.25, 0.3) is 22.3 Å². The Morgan fingerprint density at radius 3 is 2.73 bits per heavy atom. The Balaban J connectivity index is 1.59. The average molecular weight is 512 g/mol. The monoisotopic (exact) mass is 511 g/mol. The largest absolute Gasteiger partial charge is 0.445 e. The summed E-state index contributed by atoms with van der Waals surface area (Å²) in [6.45, 7) is 0. The van der Waals surface area contributed by atoms with Gasteiger partial charge in [0.15, 0.2) is 5.16 Å². The van der Waals surface area contributed by atoms with Crippen molar-refractivity contribution in [1.29, 1.82) is 0 Å². The molecule has 0 spiro atoms. The molecule has 0 aliphatic carbocycles. The normalized spacial score (nSPS) is 15.5. The van der Waals surface area contributed by atoms with Gasteiger partial charge in [-0.2, -0.15) is 0 Å². The van der Waals surface area contributed by atoms with Crippen molar-refractivity contribution in [2.45, 2.75) is 24.4 Å². The summed E-state index contributed by atoms with van der Waals surface area (Å²) in [5, 5.41) is 1.68. The highest BCUT2D eigenvalue weighted by Gasteiger charge is 2.22. The quantitative estimate of drug-likeness (QED) is 0.178. The average Bonchev–Trinajstić information content (AvgIpc) is 3.18. The van der Waals surface area contributed by atoms with E-state index in [9.17, 15) is 4.39 Å². The molecule has 2 N–H and O–H groups in total. The molecule has 0 saturated heterocycles. The molecule has 186 valence electrons. The number of hydrogen-bond donors (Lipinski definition) is 1. The topological polar surface area (TPSA) is 77.2 Å². The van der Waals surface area contributed by atoms with Crippen LogP contribution in [0.3, 0.4) is 0 Å². The summed E-state index contributed by atoms with van der Waals surface area (Å²) in [6.07, 6.45) is 12.1. The highest BCUT2D eigenvalue weighted by atomic mass is 32.2. The number of fused-ring (bicyclic) bond motifs is 1. The zero-order chi connectivity index (χ0) is 25.6. The van der Waals surface area contributed by atoms with E-state index in [1.54, 1.807) is 24.6 Å². The summed E-state index contributed by atoms with van der Waals surface area (Å²) in [4.78, 5) is 15.7. The minimum absolute atomic E-state index is 0.323. The molecular weight excluding hydrogens is 485 g/mol. The molecule has 6 nitrogen and oxygen atoms in total. The maximum absolute atomic E-state index is 13.7. The molecule has 1 aliphatic rings. The van der Waals surface area contributed by atoms with Gasteiger partial charge in [0.05, 0.1) is 28.3 Å². The van der Waals surface area contributed by atoms with E-state index in [1.807, 2.05) is 59.8 Å². The van der Waals surface area contributed by atoms with Gasteiger partial charge in [-0.1, -0.05) is 36.0 Å². The maximum Gasteiger partial charge on any atom is 0.218 e. The van der Waals surface area contributed by atoms with Crippen molar-refractivity contribution in [3.8, 4) is 5.88 Å². The number of allylic oxidation sites excluding steroid dienone is 2. The molecule has 0 fully saturated rings. The number of aromatic nitrogens is 3. The molecule has 4 aromatic rings. The Morgan fingerprint density at radius 1 is 1.05 bits per heavy atom. The van der Waals surface area contributed by atoms with Crippen LogP contribution in [0.1, 0.15) is 30.5 Å². The summed E-state index contributed by atoms with van der Waals surface area (Å²) in [5.41, 5.74) is 11.0. The van der Waals surface area contributed by atoms with Crippen molar-refractivity contribution >= 4 is 34.1 Å². The summed E-state index contributed by atoms with van der Waals surface area (Å²) in [5.74, 6) is 0.180. The van der Waals surface area contributed by atoms with Crippen LogP contribution in [0, 0.1) is 5.82 Å². The minimum atomic E-state index is -0.323. The Kier molecular flexibility index (Phi) is 7.46. The second-order valence-electron chi connectivity index (χ2n) is 8.41. The Bertz CT molecular complexity index is 1500. The summed E-state index contributed by atoms with van der Waals surface area (Å²) >= 11 is 1.45. The van der Waals surface area contributed by atoms with Gasteiger partial charge < -0.3 is 15.4 Å². The number of para-hydroxylation sites is 1. The van der Waals surface area contributed by atoms with Gasteiger partial charge in [0.1, 0.15) is 12.1 Å². The maximum atomic E-state index is 13.7. The molecule has 8 heteroatoms. The Hall–Kier alpha value is -4.17. The number of halogens is 1. The summed E-state index contributed by atoms with van der Waals surface area (Å²) < 4.78 is 19.7. The third-order valence-corrected chi connectivity index (χ3v) is 6.53. The van der Waals surface area contributed by atoms with Gasteiger partial charge in [-0.15, -0.1) is 0 Å². The van der Waals surface area contributed by atoms with Crippen LogP contribution in [0.2, 0.25) is 0 Å². The second-order valence-corrected chi connectivity index (χ2v) is 9.19. The van der Waals surface area contributed by atoms with Crippen molar-refractivity contribution in [3.63, 3.8) is 0 Å². The molecule has 2 aromatic carbocycles. The van der Waals surface area contributed by atoms with Crippen LogP contribution < -0.4 is 10.5 Å². The first-order chi connectivity index (χ1) is 18.1. The predicted molar refractivity (Wildman–Crippen MR) is 146 cm³/mol. The van der Waals surface area contributed by atoms with E-state index in [2.05, 4.69) is 16.0 Å². The van der Waals surface area contributed by atoms with E-state index in [1.165, 1.54) is 23.9 Å². The number of pyridine rings is 1. The van der Waals surface area contributed by atoms with Crippen molar-refractivity contribution in [2.24, 2.45) is 5.73 Å². The number of benzene rings is 2. The van der Waals surface area contributed by atoms with Gasteiger partial charge in [-0.05, 0) is 73.5 Å². The van der Waals surface area contributed by atoms with E-state index < -0.39 is 0 Å². The number of ether oxygens (including phenoxy) is 1. The zero-order valence-electron chi connectivity index (χ0n) is 20.3. The smallest absolute Gasteiger partial charge is 0.218 e. The molecule has 0 atom stereocenters. The highest BCUT2D eigenvalue weighted by Crippen LogP contribution is 2.33. The third-order valence-electron chi connectivity index (χ3n) is 5.97. The lowest BCUT2D eigenvalue weighted by atomic mass is 10.1. The fraction of sp³-hybridized carbons (Fsp3) is 0.138. The van der Waals surface area contributed by atoms with Gasteiger partial charge in [0.2, 0.25) is 5.88 Å². The molecule has 0 bridgehead atoms. The van der Waals surface area contributed by atoms with Crippen molar-refractivity contribution in [3.05, 3.63) is 114 Å². The van der Waals surface area contributed by atoms with Crippen LogP contribution in [0.15, 0.2) is 102 Å². The van der Waals surface area contributed by atoms with Crippen LogP contribution in [-0.4, -0.2) is 26.1 Å².